The molecule has 12 heavy (non-hydrogen) atoms. The van der Waals surface area contributed by atoms with Crippen molar-refractivity contribution < 1.29 is 4.48 Å². The maximum absolute atomic E-state index is 5.48. The largest absolute Gasteiger partial charge is 0.330 e. The van der Waals surface area contributed by atoms with Gasteiger partial charge < -0.3 is 10.2 Å². The van der Waals surface area contributed by atoms with E-state index < -0.39 is 0 Å². The second-order valence-electron chi connectivity index (χ2n) is 4.23. The highest BCUT2D eigenvalue weighted by Crippen LogP contribution is 2.04. The van der Waals surface area contributed by atoms with Gasteiger partial charge in [-0.1, -0.05) is 13.3 Å². The second kappa shape index (κ2) is 6.44. The van der Waals surface area contributed by atoms with Crippen LogP contribution in [0.25, 0.3) is 0 Å². The van der Waals surface area contributed by atoms with Crippen LogP contribution in [-0.2, 0) is 0 Å². The Labute approximate surface area is 77.3 Å². The number of quaternary nitrogens is 1. The van der Waals surface area contributed by atoms with Crippen LogP contribution in [-0.4, -0.2) is 38.2 Å². The predicted molar refractivity (Wildman–Crippen MR) is 55.0 cm³/mol. The zero-order chi connectivity index (χ0) is 9.45. The summed E-state index contributed by atoms with van der Waals surface area (Å²) in [7, 11) is 4.59. The Kier molecular flexibility index (Phi) is 6.39. The summed E-state index contributed by atoms with van der Waals surface area (Å²) in [6.45, 7) is 5.60. The van der Waals surface area contributed by atoms with Gasteiger partial charge in [0.25, 0.3) is 0 Å². The van der Waals surface area contributed by atoms with E-state index in [1.54, 1.807) is 0 Å². The first-order valence-corrected chi connectivity index (χ1v) is 5.14. The molecular formula is C10H25N2+. The standard InChI is InChI=1S/C10H25N2/c1-4-5-6-9-12(2,3)10-7-8-11/h4-11H2,1-3H3/q+1. The molecule has 0 saturated carbocycles. The van der Waals surface area contributed by atoms with Crippen LogP contribution in [0.4, 0.5) is 0 Å². The van der Waals surface area contributed by atoms with Crippen LogP contribution < -0.4 is 5.73 Å². The topological polar surface area (TPSA) is 26.0 Å². The van der Waals surface area contributed by atoms with Gasteiger partial charge in [0.1, 0.15) is 0 Å². The van der Waals surface area contributed by atoms with Crippen molar-refractivity contribution in [2.45, 2.75) is 32.6 Å². The van der Waals surface area contributed by atoms with Crippen molar-refractivity contribution in [2.24, 2.45) is 5.73 Å². The van der Waals surface area contributed by atoms with Crippen LogP contribution >= 0.6 is 0 Å². The molecule has 0 aromatic heterocycles. The summed E-state index contributed by atoms with van der Waals surface area (Å²) < 4.78 is 1.14. The third-order valence-corrected chi connectivity index (χ3v) is 2.33. The molecule has 74 valence electrons. The summed E-state index contributed by atoms with van der Waals surface area (Å²) in [5, 5.41) is 0. The lowest BCUT2D eigenvalue weighted by molar-refractivity contribution is -0.890. The maximum Gasteiger partial charge on any atom is 0.0794 e. The van der Waals surface area contributed by atoms with E-state index in [0.717, 1.165) is 17.4 Å². The molecule has 0 saturated heterocycles. The van der Waals surface area contributed by atoms with Crippen LogP contribution in [0.5, 0.6) is 0 Å². The molecule has 0 amide bonds. The van der Waals surface area contributed by atoms with Gasteiger partial charge in [-0.25, -0.2) is 0 Å². The molecule has 0 rings (SSSR count). The van der Waals surface area contributed by atoms with Crippen LogP contribution in [0, 0.1) is 0 Å². The van der Waals surface area contributed by atoms with E-state index in [2.05, 4.69) is 21.0 Å². The molecular weight excluding hydrogens is 148 g/mol. The van der Waals surface area contributed by atoms with Gasteiger partial charge in [-0.2, -0.15) is 0 Å². The number of rotatable bonds is 7. The van der Waals surface area contributed by atoms with Crippen molar-refractivity contribution in [3.63, 3.8) is 0 Å². The molecule has 0 fully saturated rings. The summed E-state index contributed by atoms with van der Waals surface area (Å²) in [6.07, 6.45) is 5.19. The van der Waals surface area contributed by atoms with E-state index in [1.165, 1.54) is 32.4 Å². The number of hydrogen-bond donors (Lipinski definition) is 1. The summed E-state index contributed by atoms with van der Waals surface area (Å²) in [5.74, 6) is 0. The van der Waals surface area contributed by atoms with Gasteiger partial charge in [0.2, 0.25) is 0 Å². The van der Waals surface area contributed by atoms with Crippen molar-refractivity contribution in [3.8, 4) is 0 Å². The summed E-state index contributed by atoms with van der Waals surface area (Å²) >= 11 is 0. The van der Waals surface area contributed by atoms with E-state index in [4.69, 9.17) is 5.73 Å². The minimum atomic E-state index is 0.829. The molecule has 0 aliphatic carbocycles. The summed E-state index contributed by atoms with van der Waals surface area (Å²) in [6, 6.07) is 0. The molecule has 0 aromatic rings. The summed E-state index contributed by atoms with van der Waals surface area (Å²) in [4.78, 5) is 0. The molecule has 0 aromatic carbocycles. The van der Waals surface area contributed by atoms with E-state index in [0.29, 0.717) is 0 Å². The van der Waals surface area contributed by atoms with Gasteiger partial charge in [0.15, 0.2) is 0 Å². The van der Waals surface area contributed by atoms with E-state index >= 15 is 0 Å². The zero-order valence-electron chi connectivity index (χ0n) is 8.97. The Morgan fingerprint density at radius 2 is 1.58 bits per heavy atom. The average Bonchev–Trinajstić information content (AvgIpc) is 2.01. The van der Waals surface area contributed by atoms with Crippen molar-refractivity contribution in [1.82, 2.24) is 0 Å². The van der Waals surface area contributed by atoms with Crippen molar-refractivity contribution in [2.75, 3.05) is 33.7 Å². The lowest BCUT2D eigenvalue weighted by Crippen LogP contribution is -2.41. The molecule has 0 spiro atoms. The summed E-state index contributed by atoms with van der Waals surface area (Å²) in [5.41, 5.74) is 5.48. The fourth-order valence-corrected chi connectivity index (χ4v) is 1.42. The number of nitrogens with zero attached hydrogens (tertiary/aromatic N) is 1. The molecule has 0 unspecified atom stereocenters. The van der Waals surface area contributed by atoms with Crippen LogP contribution in [0.15, 0.2) is 0 Å². The lowest BCUT2D eigenvalue weighted by Gasteiger charge is -2.29. The minimum absolute atomic E-state index is 0.829. The van der Waals surface area contributed by atoms with Gasteiger partial charge in [-0.3, -0.25) is 0 Å². The Hall–Kier alpha value is -0.0800. The number of hydrogen-bond acceptors (Lipinski definition) is 1. The predicted octanol–water partition coefficient (Wildman–Crippen LogP) is 1.60. The molecule has 0 heterocycles. The maximum atomic E-state index is 5.48. The Balaban J connectivity index is 3.42. The van der Waals surface area contributed by atoms with Gasteiger partial charge in [0.05, 0.1) is 27.2 Å². The van der Waals surface area contributed by atoms with Crippen molar-refractivity contribution in [1.29, 1.82) is 0 Å². The van der Waals surface area contributed by atoms with Crippen LogP contribution in [0.3, 0.4) is 0 Å². The van der Waals surface area contributed by atoms with Crippen LogP contribution in [0.1, 0.15) is 32.6 Å². The Morgan fingerprint density at radius 3 is 2.08 bits per heavy atom. The molecule has 0 aliphatic rings. The van der Waals surface area contributed by atoms with Gasteiger partial charge >= 0.3 is 0 Å². The zero-order valence-corrected chi connectivity index (χ0v) is 8.97. The molecule has 0 radical (unpaired) electrons. The second-order valence-corrected chi connectivity index (χ2v) is 4.23. The van der Waals surface area contributed by atoms with E-state index in [-0.39, 0.29) is 0 Å². The highest BCUT2D eigenvalue weighted by Gasteiger charge is 2.12. The molecule has 2 heteroatoms. The van der Waals surface area contributed by atoms with Gasteiger partial charge in [-0.15, -0.1) is 0 Å². The molecule has 2 nitrogen and oxygen atoms in total. The number of unbranched alkanes of at least 4 members (excludes halogenated alkanes) is 2. The fraction of sp³-hybridized carbons (Fsp3) is 1.00. The Morgan fingerprint density at radius 1 is 1.00 bits per heavy atom. The first-order valence-electron chi connectivity index (χ1n) is 5.14. The third kappa shape index (κ3) is 6.62. The highest BCUT2D eigenvalue weighted by atomic mass is 15.3. The van der Waals surface area contributed by atoms with Gasteiger partial charge in [-0.05, 0) is 19.4 Å². The van der Waals surface area contributed by atoms with Gasteiger partial charge in [0, 0.05) is 6.42 Å². The molecule has 0 atom stereocenters. The first-order chi connectivity index (χ1) is 5.62. The highest BCUT2D eigenvalue weighted by molar-refractivity contribution is 4.41. The fourth-order valence-electron chi connectivity index (χ4n) is 1.42. The lowest BCUT2D eigenvalue weighted by atomic mass is 10.2. The smallest absolute Gasteiger partial charge is 0.0794 e. The monoisotopic (exact) mass is 173 g/mol. The van der Waals surface area contributed by atoms with Crippen LogP contribution in [0.2, 0.25) is 0 Å². The molecule has 0 bridgehead atoms. The minimum Gasteiger partial charge on any atom is -0.330 e. The quantitative estimate of drug-likeness (QED) is 0.459. The molecule has 2 N–H and O–H groups in total. The number of nitrogens with two attached hydrogens (primary N) is 1. The van der Waals surface area contributed by atoms with E-state index in [1.807, 2.05) is 0 Å². The van der Waals surface area contributed by atoms with E-state index in [9.17, 15) is 0 Å². The normalized spacial score (nSPS) is 12.0. The van der Waals surface area contributed by atoms with Crippen molar-refractivity contribution in [3.05, 3.63) is 0 Å². The van der Waals surface area contributed by atoms with Crippen molar-refractivity contribution >= 4 is 0 Å². The third-order valence-electron chi connectivity index (χ3n) is 2.33. The first kappa shape index (κ1) is 11.9. The molecule has 0 aliphatic heterocycles. The average molecular weight is 173 g/mol. The SMILES string of the molecule is CCCCC[N+](C)(C)CCCN. The Bertz CT molecular complexity index is 100.